The van der Waals surface area contributed by atoms with Gasteiger partial charge in [-0.2, -0.15) is 0 Å². The Morgan fingerprint density at radius 3 is 2.56 bits per heavy atom. The molecule has 1 atom stereocenters. The number of hydrogen-bond donors (Lipinski definition) is 2. The molecule has 0 aliphatic carbocycles. The third kappa shape index (κ3) is 5.38. The second-order valence-corrected chi connectivity index (χ2v) is 7.90. The molecule has 0 saturated carbocycles. The number of hydrogen-bond acceptors (Lipinski definition) is 5. The van der Waals surface area contributed by atoms with Crippen molar-refractivity contribution in [1.82, 2.24) is 4.98 Å². The standard InChI is InChI=1S/C27H25NO6/c1-17-7-5-8-19(27(17)33-16-26(30)31)15-32-20-9-6-10-21(13-20)34-18(2)24-14-25(29)22-11-3-4-12-23(22)28-24/h3-14,18H,15-16H2,1-2H3,(H,28,29)(H,30,31). The summed E-state index contributed by atoms with van der Waals surface area (Å²) >= 11 is 0. The fourth-order valence-corrected chi connectivity index (χ4v) is 3.67. The van der Waals surface area contributed by atoms with E-state index in [1.54, 1.807) is 18.2 Å². The van der Waals surface area contributed by atoms with Crippen LogP contribution in [0.4, 0.5) is 0 Å². The van der Waals surface area contributed by atoms with Crippen molar-refractivity contribution in [3.63, 3.8) is 0 Å². The largest absolute Gasteiger partial charge is 0.489 e. The second kappa shape index (κ2) is 10.1. The van der Waals surface area contributed by atoms with E-state index in [2.05, 4.69) is 4.98 Å². The molecule has 0 fully saturated rings. The average molecular weight is 459 g/mol. The van der Waals surface area contributed by atoms with Gasteiger partial charge in [0, 0.05) is 28.6 Å². The van der Waals surface area contributed by atoms with E-state index in [1.807, 2.05) is 68.4 Å². The first kappa shape index (κ1) is 22.9. The molecular formula is C27H25NO6. The number of pyridine rings is 1. The first-order chi connectivity index (χ1) is 16.4. The third-order valence-corrected chi connectivity index (χ3v) is 5.34. The zero-order chi connectivity index (χ0) is 24.1. The molecule has 0 aliphatic rings. The van der Waals surface area contributed by atoms with Crippen LogP contribution in [0, 0.1) is 6.92 Å². The van der Waals surface area contributed by atoms with E-state index < -0.39 is 12.6 Å². The van der Waals surface area contributed by atoms with Gasteiger partial charge in [-0.05, 0) is 43.7 Å². The van der Waals surface area contributed by atoms with Crippen molar-refractivity contribution in [2.24, 2.45) is 0 Å². The molecule has 2 N–H and O–H groups in total. The zero-order valence-electron chi connectivity index (χ0n) is 18.9. The van der Waals surface area contributed by atoms with Crippen LogP contribution in [-0.2, 0) is 11.4 Å². The topological polar surface area (TPSA) is 97.9 Å². The fourth-order valence-electron chi connectivity index (χ4n) is 3.67. The normalized spacial score (nSPS) is 11.7. The predicted octanol–water partition coefficient (Wildman–Crippen LogP) is 5.02. The summed E-state index contributed by atoms with van der Waals surface area (Å²) < 4.78 is 17.4. The number of aryl methyl sites for hydroxylation is 1. The molecule has 1 unspecified atom stereocenters. The summed E-state index contributed by atoms with van der Waals surface area (Å²) in [5.41, 5.74) is 2.95. The van der Waals surface area contributed by atoms with E-state index in [4.69, 9.17) is 19.3 Å². The third-order valence-electron chi connectivity index (χ3n) is 5.34. The van der Waals surface area contributed by atoms with Gasteiger partial charge in [0.25, 0.3) is 0 Å². The molecular weight excluding hydrogens is 434 g/mol. The van der Waals surface area contributed by atoms with Gasteiger partial charge in [0.15, 0.2) is 12.0 Å². The highest BCUT2D eigenvalue weighted by molar-refractivity contribution is 5.78. The summed E-state index contributed by atoms with van der Waals surface area (Å²) in [6, 6.07) is 21.7. The van der Waals surface area contributed by atoms with Crippen molar-refractivity contribution in [3.8, 4) is 17.2 Å². The number of H-pyrrole nitrogens is 1. The molecule has 0 saturated heterocycles. The van der Waals surface area contributed by atoms with Gasteiger partial charge in [-0.1, -0.05) is 36.4 Å². The number of carboxylic acid groups (broad SMARTS) is 1. The summed E-state index contributed by atoms with van der Waals surface area (Å²) in [5.74, 6) is 0.640. The maximum atomic E-state index is 12.4. The summed E-state index contributed by atoms with van der Waals surface area (Å²) in [5, 5.41) is 9.56. The van der Waals surface area contributed by atoms with Gasteiger partial charge in [-0.15, -0.1) is 0 Å². The van der Waals surface area contributed by atoms with E-state index in [0.717, 1.165) is 16.6 Å². The number of aromatic nitrogens is 1. The van der Waals surface area contributed by atoms with Gasteiger partial charge >= 0.3 is 5.97 Å². The highest BCUT2D eigenvalue weighted by Crippen LogP contribution is 2.28. The Morgan fingerprint density at radius 2 is 1.74 bits per heavy atom. The Morgan fingerprint density at radius 1 is 0.971 bits per heavy atom. The number of carboxylic acids is 1. The number of rotatable bonds is 9. The molecule has 7 nitrogen and oxygen atoms in total. The summed E-state index contributed by atoms with van der Waals surface area (Å²) in [4.78, 5) is 26.6. The molecule has 0 bridgehead atoms. The van der Waals surface area contributed by atoms with Crippen molar-refractivity contribution < 1.29 is 24.1 Å². The summed E-state index contributed by atoms with van der Waals surface area (Å²) in [6.45, 7) is 3.50. The lowest BCUT2D eigenvalue weighted by molar-refractivity contribution is -0.139. The van der Waals surface area contributed by atoms with Crippen molar-refractivity contribution in [2.75, 3.05) is 6.61 Å². The van der Waals surface area contributed by atoms with Crippen LogP contribution in [-0.4, -0.2) is 22.7 Å². The fraction of sp³-hybridized carbons (Fsp3) is 0.185. The van der Waals surface area contributed by atoms with E-state index in [9.17, 15) is 9.59 Å². The molecule has 174 valence electrons. The smallest absolute Gasteiger partial charge is 0.341 e. The van der Waals surface area contributed by atoms with Crippen LogP contribution >= 0.6 is 0 Å². The van der Waals surface area contributed by atoms with Gasteiger partial charge in [0.2, 0.25) is 0 Å². The molecule has 7 heteroatoms. The first-order valence-corrected chi connectivity index (χ1v) is 10.9. The van der Waals surface area contributed by atoms with Crippen molar-refractivity contribution in [3.05, 3.63) is 99.8 Å². The molecule has 0 amide bonds. The molecule has 1 heterocycles. The number of benzene rings is 3. The van der Waals surface area contributed by atoms with Gasteiger partial charge < -0.3 is 24.3 Å². The number of aromatic amines is 1. The monoisotopic (exact) mass is 459 g/mol. The minimum Gasteiger partial charge on any atom is -0.489 e. The summed E-state index contributed by atoms with van der Waals surface area (Å²) in [6.07, 6.45) is -0.389. The van der Waals surface area contributed by atoms with Crippen LogP contribution in [0.25, 0.3) is 10.9 Å². The van der Waals surface area contributed by atoms with Gasteiger partial charge in [-0.3, -0.25) is 4.79 Å². The molecule has 34 heavy (non-hydrogen) atoms. The zero-order valence-corrected chi connectivity index (χ0v) is 18.9. The number of para-hydroxylation sites is 2. The molecule has 3 aromatic carbocycles. The minimum atomic E-state index is -1.04. The Balaban J connectivity index is 1.46. The molecule has 0 aliphatic heterocycles. The van der Waals surface area contributed by atoms with Crippen molar-refractivity contribution in [1.29, 1.82) is 0 Å². The number of nitrogens with one attached hydrogen (secondary N) is 1. The van der Waals surface area contributed by atoms with Crippen molar-refractivity contribution >= 4 is 16.9 Å². The van der Waals surface area contributed by atoms with E-state index >= 15 is 0 Å². The van der Waals surface area contributed by atoms with Crippen LogP contribution < -0.4 is 19.6 Å². The maximum absolute atomic E-state index is 12.4. The van der Waals surface area contributed by atoms with E-state index in [-0.39, 0.29) is 18.1 Å². The molecule has 0 spiro atoms. The number of aliphatic carboxylic acids is 1. The Bertz CT molecular complexity index is 1380. The summed E-state index contributed by atoms with van der Waals surface area (Å²) in [7, 11) is 0. The SMILES string of the molecule is Cc1cccc(COc2cccc(OC(C)c3cc(=O)c4ccccc4[nH]3)c2)c1OCC(=O)O. The minimum absolute atomic E-state index is 0.0593. The van der Waals surface area contributed by atoms with Gasteiger partial charge in [0.05, 0.1) is 5.69 Å². The van der Waals surface area contributed by atoms with Crippen LogP contribution in [0.1, 0.15) is 29.8 Å². The quantitative estimate of drug-likeness (QED) is 0.365. The highest BCUT2D eigenvalue weighted by atomic mass is 16.5. The second-order valence-electron chi connectivity index (χ2n) is 7.90. The lowest BCUT2D eigenvalue weighted by atomic mass is 10.1. The average Bonchev–Trinajstić information content (AvgIpc) is 2.82. The van der Waals surface area contributed by atoms with Crippen LogP contribution in [0.15, 0.2) is 77.6 Å². The van der Waals surface area contributed by atoms with E-state index in [1.165, 1.54) is 0 Å². The van der Waals surface area contributed by atoms with E-state index in [0.29, 0.717) is 28.3 Å². The molecule has 1 aromatic heterocycles. The van der Waals surface area contributed by atoms with Gasteiger partial charge in [0.1, 0.15) is 30.0 Å². The van der Waals surface area contributed by atoms with Gasteiger partial charge in [-0.25, -0.2) is 4.79 Å². The Hall–Kier alpha value is -4.26. The maximum Gasteiger partial charge on any atom is 0.341 e. The lowest BCUT2D eigenvalue weighted by Gasteiger charge is -2.17. The first-order valence-electron chi connectivity index (χ1n) is 10.9. The number of carbonyl (C=O) groups is 1. The van der Waals surface area contributed by atoms with Crippen LogP contribution in [0.3, 0.4) is 0 Å². The van der Waals surface area contributed by atoms with Crippen molar-refractivity contribution in [2.45, 2.75) is 26.6 Å². The Labute approximate surface area is 196 Å². The van der Waals surface area contributed by atoms with Crippen LogP contribution in [0.5, 0.6) is 17.2 Å². The number of fused-ring (bicyclic) bond motifs is 1. The highest BCUT2D eigenvalue weighted by Gasteiger charge is 2.13. The molecule has 0 radical (unpaired) electrons. The van der Waals surface area contributed by atoms with Crippen LogP contribution in [0.2, 0.25) is 0 Å². The molecule has 4 aromatic rings. The number of ether oxygens (including phenoxy) is 3. The predicted molar refractivity (Wildman–Crippen MR) is 129 cm³/mol. The lowest BCUT2D eigenvalue weighted by Crippen LogP contribution is -2.12. The molecule has 4 rings (SSSR count). The Kier molecular flexibility index (Phi) is 6.82.